The van der Waals surface area contributed by atoms with Crippen LogP contribution >= 0.6 is 0 Å². The summed E-state index contributed by atoms with van der Waals surface area (Å²) in [6.45, 7) is 5.96. The van der Waals surface area contributed by atoms with Crippen molar-refractivity contribution >= 4 is 11.6 Å². The molecule has 1 rings (SSSR count). The summed E-state index contributed by atoms with van der Waals surface area (Å²) in [5.74, 6) is 0.646. The van der Waals surface area contributed by atoms with Crippen molar-refractivity contribution < 1.29 is 4.79 Å². The Morgan fingerprint density at radius 2 is 1.87 bits per heavy atom. The maximum Gasteiger partial charge on any atom is 0.223 e. The number of carbonyl (C=O) groups is 1. The van der Waals surface area contributed by atoms with Gasteiger partial charge in [0.05, 0.1) is 0 Å². The van der Waals surface area contributed by atoms with Crippen molar-refractivity contribution in [3.8, 4) is 0 Å². The molecule has 0 N–H and O–H groups in total. The van der Waals surface area contributed by atoms with Crippen LogP contribution in [0.2, 0.25) is 0 Å². The molecule has 1 amide bonds. The average Bonchev–Trinajstić information content (AvgIpc) is 2.27. The van der Waals surface area contributed by atoms with Gasteiger partial charge >= 0.3 is 0 Å². The van der Waals surface area contributed by atoms with Gasteiger partial charge in [0.25, 0.3) is 0 Å². The third kappa shape index (κ3) is 2.82. The molecule has 1 aromatic rings. The van der Waals surface area contributed by atoms with Gasteiger partial charge in [0, 0.05) is 19.7 Å². The first-order valence-corrected chi connectivity index (χ1v) is 5.40. The summed E-state index contributed by atoms with van der Waals surface area (Å²) in [4.78, 5) is 12.8. The van der Waals surface area contributed by atoms with Crippen LogP contribution in [0, 0.1) is 0 Å². The summed E-state index contributed by atoms with van der Waals surface area (Å²) >= 11 is 0. The third-order valence-corrected chi connectivity index (χ3v) is 2.93. The standard InChI is InChI=1S/C13H19NO/c1-5-10(2)12-6-8-13(9-7-12)14(4)11(3)15/h6-10H,5H2,1-4H3. The van der Waals surface area contributed by atoms with Crippen LogP contribution in [-0.2, 0) is 4.79 Å². The highest BCUT2D eigenvalue weighted by Gasteiger charge is 2.06. The minimum absolute atomic E-state index is 0.0614. The molecule has 0 radical (unpaired) electrons. The van der Waals surface area contributed by atoms with Gasteiger partial charge in [-0.3, -0.25) is 4.79 Å². The van der Waals surface area contributed by atoms with Gasteiger partial charge in [-0.15, -0.1) is 0 Å². The predicted molar refractivity (Wildman–Crippen MR) is 64.2 cm³/mol. The highest BCUT2D eigenvalue weighted by molar-refractivity contribution is 5.90. The SMILES string of the molecule is CCC(C)c1ccc(N(C)C(C)=O)cc1. The Balaban J connectivity index is 2.85. The lowest BCUT2D eigenvalue weighted by atomic mass is 9.98. The van der Waals surface area contributed by atoms with Crippen LogP contribution in [-0.4, -0.2) is 13.0 Å². The van der Waals surface area contributed by atoms with Crippen molar-refractivity contribution in [3.05, 3.63) is 29.8 Å². The lowest BCUT2D eigenvalue weighted by Gasteiger charge is -2.16. The maximum absolute atomic E-state index is 11.1. The van der Waals surface area contributed by atoms with E-state index in [0.717, 1.165) is 12.1 Å². The summed E-state index contributed by atoms with van der Waals surface area (Å²) in [6, 6.07) is 8.21. The lowest BCUT2D eigenvalue weighted by molar-refractivity contribution is -0.116. The van der Waals surface area contributed by atoms with Crippen molar-refractivity contribution in [2.75, 3.05) is 11.9 Å². The lowest BCUT2D eigenvalue weighted by Crippen LogP contribution is -2.22. The van der Waals surface area contributed by atoms with Crippen LogP contribution in [0.15, 0.2) is 24.3 Å². The third-order valence-electron chi connectivity index (χ3n) is 2.93. The molecule has 1 atom stereocenters. The van der Waals surface area contributed by atoms with Crippen LogP contribution in [0.5, 0.6) is 0 Å². The zero-order chi connectivity index (χ0) is 11.4. The number of hydrogen-bond donors (Lipinski definition) is 0. The van der Waals surface area contributed by atoms with Gasteiger partial charge in [-0.05, 0) is 30.0 Å². The summed E-state index contributed by atoms with van der Waals surface area (Å²) < 4.78 is 0. The minimum atomic E-state index is 0.0614. The molecule has 0 fully saturated rings. The number of anilines is 1. The Hall–Kier alpha value is -1.31. The molecule has 2 heteroatoms. The summed E-state index contributed by atoms with van der Waals surface area (Å²) in [5, 5.41) is 0. The number of rotatable bonds is 3. The first-order valence-electron chi connectivity index (χ1n) is 5.40. The zero-order valence-electron chi connectivity index (χ0n) is 9.95. The molecular weight excluding hydrogens is 186 g/mol. The van der Waals surface area contributed by atoms with Crippen LogP contribution in [0.4, 0.5) is 5.69 Å². The summed E-state index contributed by atoms with van der Waals surface area (Å²) in [6.07, 6.45) is 1.14. The fraction of sp³-hybridized carbons (Fsp3) is 0.462. The van der Waals surface area contributed by atoms with Crippen LogP contribution in [0.1, 0.15) is 38.7 Å². The van der Waals surface area contributed by atoms with E-state index in [4.69, 9.17) is 0 Å². The average molecular weight is 205 g/mol. The van der Waals surface area contributed by atoms with Gasteiger partial charge in [-0.2, -0.15) is 0 Å². The van der Waals surface area contributed by atoms with Gasteiger partial charge in [0.2, 0.25) is 5.91 Å². The molecule has 0 aliphatic heterocycles. The first kappa shape index (κ1) is 11.8. The predicted octanol–water partition coefficient (Wildman–Crippen LogP) is 3.18. The Kier molecular flexibility index (Phi) is 3.89. The summed E-state index contributed by atoms with van der Waals surface area (Å²) in [7, 11) is 1.79. The quantitative estimate of drug-likeness (QED) is 0.742. The van der Waals surface area contributed by atoms with Crippen molar-refractivity contribution in [1.82, 2.24) is 0 Å². The normalized spacial score (nSPS) is 12.3. The van der Waals surface area contributed by atoms with E-state index >= 15 is 0 Å². The molecule has 2 nitrogen and oxygen atoms in total. The molecule has 0 bridgehead atoms. The Bertz CT molecular complexity index is 329. The van der Waals surface area contributed by atoms with Crippen LogP contribution in [0.3, 0.4) is 0 Å². The van der Waals surface area contributed by atoms with E-state index in [9.17, 15) is 4.79 Å². The highest BCUT2D eigenvalue weighted by Crippen LogP contribution is 2.21. The molecule has 0 aliphatic carbocycles. The second kappa shape index (κ2) is 4.96. The van der Waals surface area contributed by atoms with E-state index in [1.165, 1.54) is 5.56 Å². The highest BCUT2D eigenvalue weighted by atomic mass is 16.2. The smallest absolute Gasteiger partial charge is 0.223 e. The van der Waals surface area contributed by atoms with Gasteiger partial charge in [-0.25, -0.2) is 0 Å². The number of nitrogens with zero attached hydrogens (tertiary/aromatic N) is 1. The Morgan fingerprint density at radius 1 is 1.33 bits per heavy atom. The second-order valence-corrected chi connectivity index (χ2v) is 3.98. The zero-order valence-corrected chi connectivity index (χ0v) is 9.95. The molecule has 15 heavy (non-hydrogen) atoms. The molecule has 82 valence electrons. The monoisotopic (exact) mass is 205 g/mol. The fourth-order valence-corrected chi connectivity index (χ4v) is 1.44. The van der Waals surface area contributed by atoms with Gasteiger partial charge in [0.1, 0.15) is 0 Å². The van der Waals surface area contributed by atoms with Crippen LogP contribution in [0.25, 0.3) is 0 Å². The largest absolute Gasteiger partial charge is 0.316 e. The molecule has 0 aromatic heterocycles. The second-order valence-electron chi connectivity index (χ2n) is 3.98. The number of hydrogen-bond acceptors (Lipinski definition) is 1. The topological polar surface area (TPSA) is 20.3 Å². The van der Waals surface area contributed by atoms with E-state index in [1.807, 2.05) is 12.1 Å². The Labute approximate surface area is 91.9 Å². The van der Waals surface area contributed by atoms with Gasteiger partial charge < -0.3 is 4.90 Å². The maximum atomic E-state index is 11.1. The van der Waals surface area contributed by atoms with Crippen LogP contribution < -0.4 is 4.90 Å². The number of carbonyl (C=O) groups excluding carboxylic acids is 1. The van der Waals surface area contributed by atoms with E-state index in [2.05, 4.69) is 26.0 Å². The van der Waals surface area contributed by atoms with Crippen molar-refractivity contribution in [2.24, 2.45) is 0 Å². The molecule has 0 saturated heterocycles. The Morgan fingerprint density at radius 3 is 2.27 bits per heavy atom. The summed E-state index contributed by atoms with van der Waals surface area (Å²) in [5.41, 5.74) is 2.28. The molecular formula is C13H19NO. The van der Waals surface area contributed by atoms with Crippen molar-refractivity contribution in [3.63, 3.8) is 0 Å². The van der Waals surface area contributed by atoms with Gasteiger partial charge in [-0.1, -0.05) is 26.0 Å². The molecule has 0 aliphatic rings. The van der Waals surface area contributed by atoms with E-state index < -0.39 is 0 Å². The number of amides is 1. The molecule has 1 unspecified atom stereocenters. The minimum Gasteiger partial charge on any atom is -0.316 e. The van der Waals surface area contributed by atoms with Crippen molar-refractivity contribution in [1.29, 1.82) is 0 Å². The number of benzene rings is 1. The van der Waals surface area contributed by atoms with E-state index in [0.29, 0.717) is 5.92 Å². The fourth-order valence-electron chi connectivity index (χ4n) is 1.44. The van der Waals surface area contributed by atoms with E-state index in [-0.39, 0.29) is 5.91 Å². The molecule has 0 heterocycles. The molecule has 0 saturated carbocycles. The first-order chi connectivity index (χ1) is 7.06. The van der Waals surface area contributed by atoms with Gasteiger partial charge in [0.15, 0.2) is 0 Å². The van der Waals surface area contributed by atoms with Crippen molar-refractivity contribution in [2.45, 2.75) is 33.1 Å². The van der Waals surface area contributed by atoms with E-state index in [1.54, 1.807) is 18.9 Å². The molecule has 0 spiro atoms. The molecule has 1 aromatic carbocycles.